The molecule has 9 heteroatoms. The SMILES string of the molecule is COCCOC(=O)C1=C(C)N=c2sc(=CC=Cc3ccccc3)c(=O)n2C1c1ccc(OCc2ccccc2)c(OC)c1. The summed E-state index contributed by atoms with van der Waals surface area (Å²) in [4.78, 5) is 32.4. The minimum absolute atomic E-state index is 0.0725. The molecular weight excluding hydrogens is 564 g/mol. The Morgan fingerprint density at radius 2 is 1.72 bits per heavy atom. The van der Waals surface area contributed by atoms with Gasteiger partial charge in [-0.2, -0.15) is 0 Å². The van der Waals surface area contributed by atoms with Gasteiger partial charge in [0.15, 0.2) is 16.3 Å². The van der Waals surface area contributed by atoms with Gasteiger partial charge in [0, 0.05) is 7.11 Å². The molecule has 0 saturated carbocycles. The highest BCUT2D eigenvalue weighted by molar-refractivity contribution is 7.07. The van der Waals surface area contributed by atoms with Crippen molar-refractivity contribution in [2.24, 2.45) is 4.99 Å². The molecule has 0 saturated heterocycles. The van der Waals surface area contributed by atoms with Gasteiger partial charge in [0.2, 0.25) is 0 Å². The van der Waals surface area contributed by atoms with Gasteiger partial charge in [0.25, 0.3) is 5.56 Å². The van der Waals surface area contributed by atoms with E-state index in [0.29, 0.717) is 38.7 Å². The van der Waals surface area contributed by atoms with Crippen LogP contribution in [0.15, 0.2) is 106 Å². The zero-order valence-corrected chi connectivity index (χ0v) is 25.0. The summed E-state index contributed by atoms with van der Waals surface area (Å²) >= 11 is 1.27. The van der Waals surface area contributed by atoms with Crippen molar-refractivity contribution in [3.05, 3.63) is 133 Å². The largest absolute Gasteiger partial charge is 0.493 e. The Morgan fingerprint density at radius 3 is 2.44 bits per heavy atom. The van der Waals surface area contributed by atoms with Gasteiger partial charge in [-0.3, -0.25) is 9.36 Å². The monoisotopic (exact) mass is 596 g/mol. The molecule has 1 atom stereocenters. The molecule has 0 fully saturated rings. The molecule has 0 spiro atoms. The third-order valence-electron chi connectivity index (χ3n) is 6.84. The van der Waals surface area contributed by atoms with Crippen molar-refractivity contribution in [3.63, 3.8) is 0 Å². The molecule has 0 amide bonds. The van der Waals surface area contributed by atoms with E-state index in [1.165, 1.54) is 18.4 Å². The number of esters is 1. The van der Waals surface area contributed by atoms with Crippen LogP contribution in [0.3, 0.4) is 0 Å². The number of hydrogen-bond acceptors (Lipinski definition) is 8. The van der Waals surface area contributed by atoms with Crippen LogP contribution in [0.1, 0.15) is 29.7 Å². The lowest BCUT2D eigenvalue weighted by molar-refractivity contribution is -0.140. The van der Waals surface area contributed by atoms with Crippen LogP contribution in [-0.4, -0.2) is 38.0 Å². The van der Waals surface area contributed by atoms with Gasteiger partial charge in [-0.05, 0) is 41.8 Å². The second-order valence-electron chi connectivity index (χ2n) is 9.69. The minimum atomic E-state index is -0.788. The van der Waals surface area contributed by atoms with Crippen molar-refractivity contribution < 1.29 is 23.7 Å². The number of rotatable bonds is 11. The van der Waals surface area contributed by atoms with Crippen molar-refractivity contribution in [2.75, 3.05) is 27.4 Å². The highest BCUT2D eigenvalue weighted by Crippen LogP contribution is 2.36. The summed E-state index contributed by atoms with van der Waals surface area (Å²) in [5.74, 6) is 0.450. The van der Waals surface area contributed by atoms with Crippen LogP contribution in [0.25, 0.3) is 12.2 Å². The smallest absolute Gasteiger partial charge is 0.338 e. The average molecular weight is 597 g/mol. The maximum absolute atomic E-state index is 13.9. The predicted octanol–water partition coefficient (Wildman–Crippen LogP) is 4.68. The van der Waals surface area contributed by atoms with Crippen molar-refractivity contribution in [3.8, 4) is 11.5 Å². The van der Waals surface area contributed by atoms with Gasteiger partial charge < -0.3 is 18.9 Å². The molecule has 0 aliphatic carbocycles. The van der Waals surface area contributed by atoms with Gasteiger partial charge in [-0.15, -0.1) is 0 Å². The molecule has 220 valence electrons. The Labute approximate surface area is 253 Å². The number of nitrogens with zero attached hydrogens (tertiary/aromatic N) is 2. The minimum Gasteiger partial charge on any atom is -0.493 e. The number of aromatic nitrogens is 1. The van der Waals surface area contributed by atoms with Crippen LogP contribution in [0.5, 0.6) is 11.5 Å². The first-order chi connectivity index (χ1) is 21.0. The molecule has 8 nitrogen and oxygen atoms in total. The zero-order chi connectivity index (χ0) is 30.2. The number of hydrogen-bond donors (Lipinski definition) is 0. The summed E-state index contributed by atoms with van der Waals surface area (Å²) in [6.45, 7) is 2.43. The second kappa shape index (κ2) is 14.0. The van der Waals surface area contributed by atoms with Gasteiger partial charge >= 0.3 is 5.97 Å². The summed E-state index contributed by atoms with van der Waals surface area (Å²) in [6.07, 6.45) is 5.54. The van der Waals surface area contributed by atoms with E-state index in [1.54, 1.807) is 36.8 Å². The number of benzene rings is 3. The predicted molar refractivity (Wildman–Crippen MR) is 167 cm³/mol. The highest BCUT2D eigenvalue weighted by atomic mass is 32.1. The number of allylic oxidation sites excluding steroid dienone is 2. The van der Waals surface area contributed by atoms with Crippen LogP contribution in [0.2, 0.25) is 0 Å². The first-order valence-corrected chi connectivity index (χ1v) is 14.6. The quantitative estimate of drug-likeness (QED) is 0.185. The van der Waals surface area contributed by atoms with E-state index in [-0.39, 0.29) is 24.3 Å². The molecule has 1 unspecified atom stereocenters. The standard InChI is InChI=1S/C34H32N2O6S/c1-23-30(33(38)41-20-19-39-2)31(26-17-18-27(28(21-26)40-3)42-22-25-13-8-5-9-14-25)36-32(37)29(43-34(36)35-23)16-10-15-24-11-6-4-7-12-24/h4-18,21,31H,19-20,22H2,1-3H3. The third-order valence-corrected chi connectivity index (χ3v) is 7.84. The first kappa shape index (κ1) is 29.8. The summed E-state index contributed by atoms with van der Waals surface area (Å²) < 4.78 is 24.4. The average Bonchev–Trinajstić information content (AvgIpc) is 3.34. The fraction of sp³-hybridized carbons (Fsp3) is 0.206. The third kappa shape index (κ3) is 6.85. The normalized spacial score (nSPS) is 14.9. The van der Waals surface area contributed by atoms with Crippen molar-refractivity contribution in [1.29, 1.82) is 0 Å². The summed E-state index contributed by atoms with van der Waals surface area (Å²) in [7, 11) is 3.09. The molecule has 0 bridgehead atoms. The van der Waals surface area contributed by atoms with E-state index < -0.39 is 12.0 Å². The van der Waals surface area contributed by atoms with E-state index in [0.717, 1.165) is 11.1 Å². The molecule has 5 rings (SSSR count). The fourth-order valence-corrected chi connectivity index (χ4v) is 5.73. The molecule has 3 aromatic carbocycles. The lowest BCUT2D eigenvalue weighted by Gasteiger charge is -2.25. The number of ether oxygens (including phenoxy) is 4. The maximum Gasteiger partial charge on any atom is 0.338 e. The van der Waals surface area contributed by atoms with Crippen LogP contribution in [0, 0.1) is 0 Å². The molecule has 1 aromatic heterocycles. The zero-order valence-electron chi connectivity index (χ0n) is 24.2. The number of carbonyl (C=O) groups excluding carboxylic acids is 1. The fourth-order valence-electron chi connectivity index (χ4n) is 4.73. The lowest BCUT2D eigenvalue weighted by atomic mass is 9.95. The Kier molecular flexibility index (Phi) is 9.66. The summed E-state index contributed by atoms with van der Waals surface area (Å²) in [5.41, 5.74) is 3.18. The van der Waals surface area contributed by atoms with Gasteiger partial charge in [-0.1, -0.05) is 90.2 Å². The lowest BCUT2D eigenvalue weighted by Crippen LogP contribution is -2.40. The molecular formula is C34H32N2O6S. The van der Waals surface area contributed by atoms with E-state index in [1.807, 2.05) is 78.9 Å². The summed E-state index contributed by atoms with van der Waals surface area (Å²) in [5, 5.41) is 0. The van der Waals surface area contributed by atoms with Crippen molar-refractivity contribution in [2.45, 2.75) is 19.6 Å². The molecule has 2 heterocycles. The van der Waals surface area contributed by atoms with Crippen molar-refractivity contribution >= 4 is 29.5 Å². The van der Waals surface area contributed by atoms with Crippen LogP contribution < -0.4 is 24.4 Å². The van der Waals surface area contributed by atoms with Gasteiger partial charge in [0.1, 0.15) is 13.2 Å². The van der Waals surface area contributed by atoms with E-state index in [4.69, 9.17) is 18.9 Å². The van der Waals surface area contributed by atoms with E-state index in [9.17, 15) is 9.59 Å². The van der Waals surface area contributed by atoms with Gasteiger partial charge in [0.05, 0.1) is 35.6 Å². The molecule has 4 aromatic rings. The molecule has 0 radical (unpaired) electrons. The number of thiazole rings is 1. The van der Waals surface area contributed by atoms with Crippen molar-refractivity contribution in [1.82, 2.24) is 4.57 Å². The van der Waals surface area contributed by atoms with Crippen LogP contribution in [0.4, 0.5) is 0 Å². The highest BCUT2D eigenvalue weighted by Gasteiger charge is 2.34. The molecule has 1 aliphatic rings. The topological polar surface area (TPSA) is 88.4 Å². The molecule has 43 heavy (non-hydrogen) atoms. The number of fused-ring (bicyclic) bond motifs is 1. The number of methoxy groups -OCH3 is 2. The van der Waals surface area contributed by atoms with Gasteiger partial charge in [-0.25, -0.2) is 9.79 Å². The Balaban J connectivity index is 1.56. The first-order valence-electron chi connectivity index (χ1n) is 13.7. The van der Waals surface area contributed by atoms with E-state index in [2.05, 4.69) is 4.99 Å². The summed E-state index contributed by atoms with van der Waals surface area (Å²) in [6, 6.07) is 24.3. The maximum atomic E-state index is 13.9. The Bertz CT molecular complexity index is 1820. The molecule has 0 N–H and O–H groups in total. The Morgan fingerprint density at radius 1 is 0.977 bits per heavy atom. The van der Waals surface area contributed by atoms with Crippen LogP contribution in [-0.2, 0) is 20.9 Å². The molecule has 1 aliphatic heterocycles. The van der Waals surface area contributed by atoms with Crippen LogP contribution >= 0.6 is 11.3 Å². The van der Waals surface area contributed by atoms with E-state index >= 15 is 0 Å². The second-order valence-corrected chi connectivity index (χ2v) is 10.7. The number of carbonyl (C=O) groups is 1. The Hall–Kier alpha value is -4.73.